The van der Waals surface area contributed by atoms with Crippen LogP contribution in [0.15, 0.2) is 10.9 Å². The first kappa shape index (κ1) is 15.9. The second kappa shape index (κ2) is 8.12. The van der Waals surface area contributed by atoms with Crippen LogP contribution in [-0.4, -0.2) is 58.1 Å². The number of hydrogen-bond donors (Lipinski definition) is 5. The van der Waals surface area contributed by atoms with Crippen LogP contribution in [0.5, 0.6) is 0 Å². The van der Waals surface area contributed by atoms with Gasteiger partial charge in [0.05, 0.1) is 19.8 Å². The molecule has 0 aliphatic heterocycles. The summed E-state index contributed by atoms with van der Waals surface area (Å²) < 4.78 is 1.15. The minimum absolute atomic E-state index is 0.0537. The van der Waals surface area contributed by atoms with Crippen LogP contribution >= 0.6 is 0 Å². The van der Waals surface area contributed by atoms with E-state index in [1.165, 1.54) is 0 Å². The third-order valence-corrected chi connectivity index (χ3v) is 2.43. The predicted molar refractivity (Wildman–Crippen MR) is 69.2 cm³/mol. The van der Waals surface area contributed by atoms with E-state index in [1.54, 1.807) is 0 Å². The number of aromatic nitrogens is 2. The molecule has 0 bridgehead atoms. The molecular formula is C11H18N4O5. The lowest BCUT2D eigenvalue weighted by atomic mass is 10.4. The van der Waals surface area contributed by atoms with Gasteiger partial charge in [0.2, 0.25) is 5.91 Å². The number of aliphatic hydroxyl groups is 2. The average molecular weight is 286 g/mol. The third-order valence-electron chi connectivity index (χ3n) is 2.43. The summed E-state index contributed by atoms with van der Waals surface area (Å²) in [7, 11) is 0. The summed E-state index contributed by atoms with van der Waals surface area (Å²) >= 11 is 0. The van der Waals surface area contributed by atoms with Gasteiger partial charge < -0.3 is 20.8 Å². The lowest BCUT2D eigenvalue weighted by Crippen LogP contribution is -2.29. The van der Waals surface area contributed by atoms with Gasteiger partial charge >= 0.3 is 0 Å². The first-order valence-electron chi connectivity index (χ1n) is 6.15. The Morgan fingerprint density at radius 2 is 1.85 bits per heavy atom. The van der Waals surface area contributed by atoms with Crippen LogP contribution in [0.1, 0.15) is 16.9 Å². The fourth-order valence-corrected chi connectivity index (χ4v) is 1.48. The highest BCUT2D eigenvalue weighted by Crippen LogP contribution is 1.92. The minimum atomic E-state index is -0.500. The molecule has 5 N–H and O–H groups in total. The van der Waals surface area contributed by atoms with Gasteiger partial charge in [0, 0.05) is 25.6 Å². The first-order valence-corrected chi connectivity index (χ1v) is 6.15. The molecule has 9 nitrogen and oxygen atoms in total. The van der Waals surface area contributed by atoms with Gasteiger partial charge in [0.15, 0.2) is 0 Å². The molecule has 0 aromatic carbocycles. The molecule has 0 aliphatic carbocycles. The Morgan fingerprint density at radius 1 is 1.20 bits per heavy atom. The highest BCUT2D eigenvalue weighted by atomic mass is 16.3. The van der Waals surface area contributed by atoms with Crippen LogP contribution in [0.2, 0.25) is 0 Å². The molecule has 0 unspecified atom stereocenters. The van der Waals surface area contributed by atoms with Crippen molar-refractivity contribution >= 4 is 11.8 Å². The highest BCUT2D eigenvalue weighted by Gasteiger charge is 2.11. The summed E-state index contributed by atoms with van der Waals surface area (Å²) in [6, 6.07) is 1.12. The van der Waals surface area contributed by atoms with E-state index < -0.39 is 11.5 Å². The van der Waals surface area contributed by atoms with Crippen molar-refractivity contribution in [2.75, 3.05) is 26.3 Å². The number of hydrogen-bond acceptors (Lipinski definition) is 5. The molecule has 2 amide bonds. The van der Waals surface area contributed by atoms with Crippen molar-refractivity contribution < 1.29 is 19.8 Å². The molecule has 1 rings (SSSR count). The zero-order chi connectivity index (χ0) is 15.0. The van der Waals surface area contributed by atoms with Gasteiger partial charge in [-0.3, -0.25) is 24.2 Å². The number of aliphatic hydroxyl groups excluding tert-OH is 2. The number of amides is 2. The number of aryl methyl sites for hydroxylation is 1. The van der Waals surface area contributed by atoms with Crippen molar-refractivity contribution in [2.24, 2.45) is 0 Å². The minimum Gasteiger partial charge on any atom is -0.395 e. The van der Waals surface area contributed by atoms with Gasteiger partial charge in [-0.2, -0.15) is 0 Å². The molecule has 0 saturated heterocycles. The van der Waals surface area contributed by atoms with Crippen molar-refractivity contribution in [2.45, 2.75) is 13.0 Å². The van der Waals surface area contributed by atoms with Crippen LogP contribution in [-0.2, 0) is 11.3 Å². The maximum atomic E-state index is 11.6. The number of rotatable bonds is 8. The van der Waals surface area contributed by atoms with Crippen LogP contribution < -0.4 is 16.2 Å². The van der Waals surface area contributed by atoms with Crippen LogP contribution in [0, 0.1) is 0 Å². The molecule has 0 fully saturated rings. The van der Waals surface area contributed by atoms with Crippen LogP contribution in [0.25, 0.3) is 0 Å². The van der Waals surface area contributed by atoms with Crippen LogP contribution in [0.3, 0.4) is 0 Å². The van der Waals surface area contributed by atoms with Crippen molar-refractivity contribution in [3.8, 4) is 0 Å². The van der Waals surface area contributed by atoms with Gasteiger partial charge in [0.25, 0.3) is 11.5 Å². The van der Waals surface area contributed by atoms with Gasteiger partial charge in [-0.1, -0.05) is 0 Å². The van der Waals surface area contributed by atoms with Gasteiger partial charge in [-0.05, 0) is 0 Å². The number of nitrogens with zero attached hydrogens (tertiary/aromatic N) is 1. The number of carbonyl (C=O) groups is 2. The normalized spacial score (nSPS) is 10.3. The molecule has 1 aromatic heterocycles. The molecule has 0 aliphatic rings. The molecule has 0 radical (unpaired) electrons. The number of H-pyrrole nitrogens is 1. The maximum absolute atomic E-state index is 11.6. The summed E-state index contributed by atoms with van der Waals surface area (Å²) in [5.41, 5.74) is -0.353. The van der Waals surface area contributed by atoms with Crippen molar-refractivity contribution in [3.05, 3.63) is 22.1 Å². The lowest BCUT2D eigenvalue weighted by Gasteiger charge is -2.04. The van der Waals surface area contributed by atoms with E-state index in [2.05, 4.69) is 15.7 Å². The van der Waals surface area contributed by atoms with Gasteiger partial charge in [-0.25, -0.2) is 0 Å². The first-order chi connectivity index (χ1) is 9.58. The largest absolute Gasteiger partial charge is 0.395 e. The van der Waals surface area contributed by atoms with E-state index >= 15 is 0 Å². The second-order valence-corrected chi connectivity index (χ2v) is 3.96. The maximum Gasteiger partial charge on any atom is 0.269 e. The van der Waals surface area contributed by atoms with E-state index in [4.69, 9.17) is 10.2 Å². The Balaban J connectivity index is 2.55. The molecule has 20 heavy (non-hydrogen) atoms. The molecule has 9 heteroatoms. The van der Waals surface area contributed by atoms with Gasteiger partial charge in [-0.15, -0.1) is 0 Å². The Labute approximate surface area is 114 Å². The van der Waals surface area contributed by atoms with Crippen molar-refractivity contribution in [1.82, 2.24) is 20.4 Å². The summed E-state index contributed by atoms with van der Waals surface area (Å²) in [4.78, 5) is 34.4. The third kappa shape index (κ3) is 4.86. The molecule has 1 aromatic rings. The number of carbonyl (C=O) groups excluding carboxylic acids is 2. The average Bonchev–Trinajstić information content (AvgIpc) is 2.81. The van der Waals surface area contributed by atoms with Crippen molar-refractivity contribution in [1.29, 1.82) is 0 Å². The Bertz CT molecular complexity index is 507. The lowest BCUT2D eigenvalue weighted by molar-refractivity contribution is -0.121. The van der Waals surface area contributed by atoms with E-state index in [0.717, 1.165) is 10.7 Å². The van der Waals surface area contributed by atoms with Crippen molar-refractivity contribution in [3.63, 3.8) is 0 Å². The highest BCUT2D eigenvalue weighted by molar-refractivity contribution is 5.92. The van der Waals surface area contributed by atoms with Crippen LogP contribution in [0.4, 0.5) is 0 Å². The number of aromatic amines is 1. The zero-order valence-electron chi connectivity index (χ0n) is 10.9. The smallest absolute Gasteiger partial charge is 0.269 e. The molecule has 1 heterocycles. The SMILES string of the molecule is O=C(CCn1[nH]c(C(=O)NCCO)cc1=O)NCCO. The van der Waals surface area contributed by atoms with E-state index in [9.17, 15) is 14.4 Å². The van der Waals surface area contributed by atoms with E-state index in [1.807, 2.05) is 0 Å². The van der Waals surface area contributed by atoms with E-state index in [0.29, 0.717) is 0 Å². The molecule has 0 spiro atoms. The number of nitrogens with one attached hydrogen (secondary N) is 3. The summed E-state index contributed by atoms with van der Waals surface area (Å²) in [6.45, 7) is 0.0112. The fourth-order valence-electron chi connectivity index (χ4n) is 1.48. The summed E-state index contributed by atoms with van der Waals surface area (Å²) in [6.07, 6.45) is 0.0537. The zero-order valence-corrected chi connectivity index (χ0v) is 10.9. The topological polar surface area (TPSA) is 136 Å². The Hall–Kier alpha value is -2.13. The second-order valence-electron chi connectivity index (χ2n) is 3.96. The summed E-state index contributed by atoms with van der Waals surface area (Å²) in [5, 5.41) is 24.6. The fraction of sp³-hybridized carbons (Fsp3) is 0.545. The molecule has 0 atom stereocenters. The standard InChI is InChI=1S/C11H18N4O5/c16-5-2-12-9(18)1-4-15-10(19)7-8(14-15)11(20)13-3-6-17/h7,14,16-17H,1-6H2,(H,12,18)(H,13,20). The Kier molecular flexibility index (Phi) is 6.47. The Morgan fingerprint density at radius 3 is 2.50 bits per heavy atom. The quantitative estimate of drug-likeness (QED) is 0.357. The van der Waals surface area contributed by atoms with Gasteiger partial charge in [0.1, 0.15) is 5.69 Å². The predicted octanol–water partition coefficient (Wildman–Crippen LogP) is -2.60. The molecule has 0 saturated carbocycles. The van der Waals surface area contributed by atoms with E-state index in [-0.39, 0.29) is 50.9 Å². The molecular weight excluding hydrogens is 268 g/mol. The summed E-state index contributed by atoms with van der Waals surface area (Å²) in [5.74, 6) is -0.800. The molecule has 112 valence electrons. The monoisotopic (exact) mass is 286 g/mol.